The third-order valence-corrected chi connectivity index (χ3v) is 5.00. The molecule has 0 spiro atoms. The number of hydrogen-bond acceptors (Lipinski definition) is 4. The largest absolute Gasteiger partial charge is 0.493 e. The van der Waals surface area contributed by atoms with Gasteiger partial charge in [-0.1, -0.05) is 13.8 Å². The number of piperidine rings is 1. The second-order valence-electron chi connectivity index (χ2n) is 7.27. The molecular formula is C21H31NO4. The Morgan fingerprint density at radius 1 is 1.23 bits per heavy atom. The van der Waals surface area contributed by atoms with Crippen molar-refractivity contribution in [3.05, 3.63) is 23.8 Å². The normalized spacial score (nSPS) is 17.3. The molecule has 1 amide bonds. The third kappa shape index (κ3) is 5.23. The Bertz CT molecular complexity index is 626. The van der Waals surface area contributed by atoms with Gasteiger partial charge >= 0.3 is 0 Å². The van der Waals surface area contributed by atoms with Crippen molar-refractivity contribution in [3.8, 4) is 11.5 Å². The number of carbonyl (C=O) groups excluding carboxylic acids is 2. The van der Waals surface area contributed by atoms with Crippen molar-refractivity contribution in [3.63, 3.8) is 0 Å². The molecule has 1 atom stereocenters. The summed E-state index contributed by atoms with van der Waals surface area (Å²) in [6.45, 7) is 7.23. The predicted octanol–water partition coefficient (Wildman–Crippen LogP) is 4.09. The molecule has 0 bridgehead atoms. The quantitative estimate of drug-likeness (QED) is 0.517. The lowest BCUT2D eigenvalue weighted by Gasteiger charge is -2.38. The van der Waals surface area contributed by atoms with Crippen LogP contribution in [-0.2, 0) is 4.79 Å². The van der Waals surface area contributed by atoms with Gasteiger partial charge < -0.3 is 14.4 Å². The molecule has 26 heavy (non-hydrogen) atoms. The van der Waals surface area contributed by atoms with E-state index >= 15 is 0 Å². The van der Waals surface area contributed by atoms with Gasteiger partial charge in [-0.2, -0.15) is 0 Å². The minimum absolute atomic E-state index is 0.0123. The summed E-state index contributed by atoms with van der Waals surface area (Å²) in [6.07, 6.45) is 4.59. The van der Waals surface area contributed by atoms with Crippen LogP contribution in [0.4, 0.5) is 0 Å². The Morgan fingerprint density at radius 3 is 2.65 bits per heavy atom. The highest BCUT2D eigenvalue weighted by atomic mass is 16.5. The average molecular weight is 361 g/mol. The number of likely N-dealkylation sites (tertiary alicyclic amines) is 1. The monoisotopic (exact) mass is 361 g/mol. The summed E-state index contributed by atoms with van der Waals surface area (Å²) < 4.78 is 11.1. The fourth-order valence-corrected chi connectivity index (χ4v) is 3.52. The molecule has 0 N–H and O–H groups in total. The highest BCUT2D eigenvalue weighted by Crippen LogP contribution is 2.29. The molecule has 0 aliphatic carbocycles. The van der Waals surface area contributed by atoms with E-state index in [4.69, 9.17) is 9.47 Å². The van der Waals surface area contributed by atoms with E-state index in [1.54, 1.807) is 25.3 Å². The van der Waals surface area contributed by atoms with Gasteiger partial charge in [0.05, 0.1) is 13.7 Å². The van der Waals surface area contributed by atoms with E-state index in [-0.39, 0.29) is 11.7 Å². The van der Waals surface area contributed by atoms with Gasteiger partial charge in [0, 0.05) is 24.6 Å². The van der Waals surface area contributed by atoms with Gasteiger partial charge in [-0.05, 0) is 56.7 Å². The maximum atomic E-state index is 12.6. The number of methoxy groups -OCH3 is 1. The number of Topliss-reactive ketones (excluding diaryl/α,β-unsaturated/α-hetero) is 1. The van der Waals surface area contributed by atoms with Gasteiger partial charge in [-0.15, -0.1) is 0 Å². The smallest absolute Gasteiger partial charge is 0.222 e. The lowest BCUT2D eigenvalue weighted by Crippen LogP contribution is -2.46. The Balaban J connectivity index is 1.84. The summed E-state index contributed by atoms with van der Waals surface area (Å²) in [5.41, 5.74) is 0.592. The standard InChI is InChI=1S/C21H31NO4/c1-15(2)18-8-5-6-12-22(18)21(24)9-7-13-26-19-11-10-17(16(3)23)14-20(19)25-4/h10-11,14-15,18H,5-9,12-13H2,1-4H3. The third-order valence-electron chi connectivity index (χ3n) is 5.00. The van der Waals surface area contributed by atoms with Gasteiger partial charge in [0.25, 0.3) is 0 Å². The van der Waals surface area contributed by atoms with Crippen molar-refractivity contribution >= 4 is 11.7 Å². The van der Waals surface area contributed by atoms with Crippen LogP contribution in [0.5, 0.6) is 11.5 Å². The van der Waals surface area contributed by atoms with E-state index in [0.717, 1.165) is 19.4 Å². The van der Waals surface area contributed by atoms with Crippen LogP contribution < -0.4 is 9.47 Å². The average Bonchev–Trinajstić information content (AvgIpc) is 2.64. The molecule has 1 aliphatic heterocycles. The molecule has 2 rings (SSSR count). The van der Waals surface area contributed by atoms with Crippen molar-refractivity contribution in [2.45, 2.75) is 58.9 Å². The first-order valence-corrected chi connectivity index (χ1v) is 9.55. The van der Waals surface area contributed by atoms with Crippen molar-refractivity contribution in [2.24, 2.45) is 5.92 Å². The molecule has 5 nitrogen and oxygen atoms in total. The van der Waals surface area contributed by atoms with E-state index in [2.05, 4.69) is 18.7 Å². The molecule has 1 saturated heterocycles. The van der Waals surface area contributed by atoms with Gasteiger partial charge in [0.2, 0.25) is 5.91 Å². The zero-order valence-corrected chi connectivity index (χ0v) is 16.4. The highest BCUT2D eigenvalue weighted by Gasteiger charge is 2.28. The van der Waals surface area contributed by atoms with Crippen molar-refractivity contribution in [1.29, 1.82) is 0 Å². The number of ketones is 1. The second-order valence-corrected chi connectivity index (χ2v) is 7.27. The molecule has 1 fully saturated rings. The second kappa shape index (κ2) is 9.60. The van der Waals surface area contributed by atoms with Crippen LogP contribution in [0.15, 0.2) is 18.2 Å². The molecule has 0 radical (unpaired) electrons. The summed E-state index contributed by atoms with van der Waals surface area (Å²) >= 11 is 0. The maximum absolute atomic E-state index is 12.6. The van der Waals surface area contributed by atoms with Crippen LogP contribution in [0.1, 0.15) is 63.2 Å². The molecule has 0 aromatic heterocycles. The Kier molecular flexibility index (Phi) is 7.49. The Hall–Kier alpha value is -2.04. The summed E-state index contributed by atoms with van der Waals surface area (Å²) in [7, 11) is 1.55. The fourth-order valence-electron chi connectivity index (χ4n) is 3.52. The van der Waals surface area contributed by atoms with Crippen LogP contribution >= 0.6 is 0 Å². The molecular weight excluding hydrogens is 330 g/mol. The number of hydrogen-bond donors (Lipinski definition) is 0. The van der Waals surface area contributed by atoms with Crippen LogP contribution in [0.2, 0.25) is 0 Å². The number of ether oxygens (including phenoxy) is 2. The van der Waals surface area contributed by atoms with Crippen LogP contribution in [-0.4, -0.2) is 42.9 Å². The molecule has 5 heteroatoms. The number of benzene rings is 1. The van der Waals surface area contributed by atoms with E-state index < -0.39 is 0 Å². The number of amides is 1. The van der Waals surface area contributed by atoms with Gasteiger partial charge in [-0.3, -0.25) is 9.59 Å². The van der Waals surface area contributed by atoms with E-state index in [1.165, 1.54) is 13.3 Å². The summed E-state index contributed by atoms with van der Waals surface area (Å²) in [5, 5.41) is 0. The summed E-state index contributed by atoms with van der Waals surface area (Å²) in [5.74, 6) is 1.86. The molecule has 1 unspecified atom stereocenters. The molecule has 1 heterocycles. The molecule has 1 aliphatic rings. The first-order chi connectivity index (χ1) is 12.4. The lowest BCUT2D eigenvalue weighted by atomic mass is 9.92. The Labute approximate surface area is 156 Å². The number of nitrogens with zero attached hydrogens (tertiary/aromatic N) is 1. The lowest BCUT2D eigenvalue weighted by molar-refractivity contribution is -0.136. The summed E-state index contributed by atoms with van der Waals surface area (Å²) in [4.78, 5) is 26.1. The van der Waals surface area contributed by atoms with Gasteiger partial charge in [0.15, 0.2) is 17.3 Å². The van der Waals surface area contributed by atoms with Gasteiger partial charge in [0.1, 0.15) is 0 Å². The number of carbonyl (C=O) groups is 2. The van der Waals surface area contributed by atoms with Crippen LogP contribution in [0.25, 0.3) is 0 Å². The van der Waals surface area contributed by atoms with Gasteiger partial charge in [-0.25, -0.2) is 0 Å². The molecule has 0 saturated carbocycles. The predicted molar refractivity (Wildman–Crippen MR) is 102 cm³/mol. The first-order valence-electron chi connectivity index (χ1n) is 9.55. The van der Waals surface area contributed by atoms with Crippen LogP contribution in [0.3, 0.4) is 0 Å². The van der Waals surface area contributed by atoms with Crippen molar-refractivity contribution in [1.82, 2.24) is 4.90 Å². The summed E-state index contributed by atoms with van der Waals surface area (Å²) in [6, 6.07) is 5.53. The minimum Gasteiger partial charge on any atom is -0.493 e. The zero-order chi connectivity index (χ0) is 19.1. The fraction of sp³-hybridized carbons (Fsp3) is 0.619. The van der Waals surface area contributed by atoms with E-state index in [9.17, 15) is 9.59 Å². The molecule has 1 aromatic carbocycles. The minimum atomic E-state index is -0.0123. The topological polar surface area (TPSA) is 55.8 Å². The maximum Gasteiger partial charge on any atom is 0.222 e. The SMILES string of the molecule is COc1cc(C(C)=O)ccc1OCCCC(=O)N1CCCCC1C(C)C. The van der Waals surface area contributed by atoms with Crippen molar-refractivity contribution < 1.29 is 19.1 Å². The van der Waals surface area contributed by atoms with E-state index in [1.807, 2.05) is 0 Å². The van der Waals surface area contributed by atoms with Crippen molar-refractivity contribution in [2.75, 3.05) is 20.3 Å². The van der Waals surface area contributed by atoms with E-state index in [0.29, 0.717) is 48.5 Å². The first kappa shape index (κ1) is 20.3. The number of rotatable bonds is 8. The zero-order valence-electron chi connectivity index (χ0n) is 16.4. The van der Waals surface area contributed by atoms with Crippen LogP contribution in [0, 0.1) is 5.92 Å². The molecule has 1 aromatic rings. The Morgan fingerprint density at radius 2 is 2.00 bits per heavy atom. The molecule has 144 valence electrons. The highest BCUT2D eigenvalue weighted by molar-refractivity contribution is 5.94.